The first-order valence-corrected chi connectivity index (χ1v) is 15.1. The van der Waals surface area contributed by atoms with Crippen LogP contribution in [0.3, 0.4) is 0 Å². The van der Waals surface area contributed by atoms with E-state index in [2.05, 4.69) is 25.0 Å². The Hall–Kier alpha value is -4.88. The van der Waals surface area contributed by atoms with E-state index in [1.165, 1.54) is 43.4 Å². The smallest absolute Gasteiger partial charge is 0.230 e. The number of benzene rings is 5. The molecule has 0 unspecified atom stereocenters. The predicted molar refractivity (Wildman–Crippen MR) is 174 cm³/mol. The third-order valence-corrected chi connectivity index (χ3v) is 8.62. The maximum Gasteiger partial charge on any atom is 0.230 e. The zero-order valence-corrected chi connectivity index (χ0v) is 24.7. The van der Waals surface area contributed by atoms with Crippen molar-refractivity contribution in [3.8, 4) is 57.2 Å². The second-order valence-corrected chi connectivity index (χ2v) is 11.6. The minimum Gasteiger partial charge on any atom is -0.457 e. The van der Waals surface area contributed by atoms with Gasteiger partial charge in [-0.1, -0.05) is 86.3 Å². The molecule has 1 aliphatic carbocycles. The second kappa shape index (κ2) is 13.2. The number of hydrogen-bond acceptors (Lipinski definition) is 2. The lowest BCUT2D eigenvalue weighted by molar-refractivity contribution is 0.119. The van der Waals surface area contributed by atoms with Crippen LogP contribution in [-0.2, 0) is 0 Å². The maximum atomic E-state index is 15.0. The molecule has 1 aliphatic rings. The molecule has 6 rings (SSSR count). The molecule has 0 heterocycles. The van der Waals surface area contributed by atoms with Gasteiger partial charge in [-0.3, -0.25) is 0 Å². The number of terminal acetylenes is 1. The number of rotatable bonds is 8. The summed E-state index contributed by atoms with van der Waals surface area (Å²) in [5.74, 6) is 3.91. The lowest BCUT2D eigenvalue weighted by Gasteiger charge is -2.26. The average molecular weight is 585 g/mol. The lowest BCUT2D eigenvalue weighted by atomic mass is 9.79. The molecule has 1 saturated carbocycles. The number of hydrogen-bond donors (Lipinski definition) is 0. The average Bonchev–Trinajstić information content (AvgIpc) is 3.06. The standard InChI is InChI=1S/C40H34F2O2/c1-3-28-6-10-30(11-7-28)32-14-18-34(19-15-32)38-23-21-36(25-40(38)42)44-26-43-35-20-22-37(39(41)24-35)33-16-12-31(13-17-33)29-8-4-27(2)5-9-29/h1,6-7,10-25,27,29H,4-5,8-9,26H2,2H3. The molecule has 0 radical (unpaired) electrons. The van der Waals surface area contributed by atoms with Gasteiger partial charge in [0.15, 0.2) is 0 Å². The summed E-state index contributed by atoms with van der Waals surface area (Å²) in [5, 5.41) is 0. The van der Waals surface area contributed by atoms with Gasteiger partial charge in [0.1, 0.15) is 23.1 Å². The SMILES string of the molecule is C#Cc1ccc(-c2ccc(-c3ccc(OCOc4ccc(-c5ccc(C6CCC(C)CC6)cc5)c(F)c4)cc3F)cc2)cc1. The highest BCUT2D eigenvalue weighted by Crippen LogP contribution is 2.37. The molecule has 44 heavy (non-hydrogen) atoms. The van der Waals surface area contributed by atoms with Crippen LogP contribution in [0.15, 0.2) is 109 Å². The Bertz CT molecular complexity index is 1760. The van der Waals surface area contributed by atoms with Gasteiger partial charge in [0.2, 0.25) is 6.79 Å². The van der Waals surface area contributed by atoms with Gasteiger partial charge in [0.25, 0.3) is 0 Å². The maximum absolute atomic E-state index is 15.0. The van der Waals surface area contributed by atoms with Crippen molar-refractivity contribution in [3.05, 3.63) is 132 Å². The molecule has 0 bridgehead atoms. The van der Waals surface area contributed by atoms with Crippen LogP contribution in [0.25, 0.3) is 33.4 Å². The van der Waals surface area contributed by atoms with Crippen LogP contribution in [0.2, 0.25) is 0 Å². The Labute approximate surface area is 258 Å². The van der Waals surface area contributed by atoms with E-state index in [1.807, 2.05) is 60.7 Å². The summed E-state index contributed by atoms with van der Waals surface area (Å²) in [4.78, 5) is 0. The fraction of sp³-hybridized carbons (Fsp3) is 0.200. The van der Waals surface area contributed by atoms with Gasteiger partial charge in [-0.05, 0) is 88.9 Å². The van der Waals surface area contributed by atoms with Crippen molar-refractivity contribution in [1.82, 2.24) is 0 Å². The van der Waals surface area contributed by atoms with E-state index in [0.717, 1.165) is 33.7 Å². The van der Waals surface area contributed by atoms with E-state index in [4.69, 9.17) is 15.9 Å². The number of halogens is 2. The van der Waals surface area contributed by atoms with Crippen LogP contribution in [0.1, 0.15) is 49.7 Å². The second-order valence-electron chi connectivity index (χ2n) is 11.6. The normalized spacial score (nSPS) is 16.2. The highest BCUT2D eigenvalue weighted by atomic mass is 19.1. The Balaban J connectivity index is 1.04. The van der Waals surface area contributed by atoms with Crippen molar-refractivity contribution in [2.24, 2.45) is 5.92 Å². The van der Waals surface area contributed by atoms with Gasteiger partial charge in [-0.15, -0.1) is 6.42 Å². The van der Waals surface area contributed by atoms with Gasteiger partial charge >= 0.3 is 0 Å². The van der Waals surface area contributed by atoms with E-state index in [9.17, 15) is 0 Å². The largest absolute Gasteiger partial charge is 0.457 e. The van der Waals surface area contributed by atoms with E-state index < -0.39 is 5.82 Å². The summed E-state index contributed by atoms with van der Waals surface area (Å²) >= 11 is 0. The Kier molecular flexibility index (Phi) is 8.75. The van der Waals surface area contributed by atoms with Crippen molar-refractivity contribution in [3.63, 3.8) is 0 Å². The Morgan fingerprint density at radius 1 is 0.614 bits per heavy atom. The van der Waals surface area contributed by atoms with Crippen LogP contribution in [-0.4, -0.2) is 6.79 Å². The van der Waals surface area contributed by atoms with Crippen molar-refractivity contribution in [1.29, 1.82) is 0 Å². The summed E-state index contributed by atoms with van der Waals surface area (Å²) in [5.41, 5.74) is 6.79. The van der Waals surface area contributed by atoms with Crippen LogP contribution in [0.5, 0.6) is 11.5 Å². The van der Waals surface area contributed by atoms with Gasteiger partial charge < -0.3 is 9.47 Å². The molecule has 1 fully saturated rings. The van der Waals surface area contributed by atoms with Crippen LogP contribution in [0, 0.1) is 29.9 Å². The van der Waals surface area contributed by atoms with E-state index in [1.54, 1.807) is 24.3 Å². The summed E-state index contributed by atoms with van der Waals surface area (Å²) in [6.07, 6.45) is 10.4. The van der Waals surface area contributed by atoms with E-state index >= 15 is 8.78 Å². The summed E-state index contributed by atoms with van der Waals surface area (Å²) in [6, 6.07) is 33.2. The quantitative estimate of drug-likeness (QED) is 0.133. The molecule has 0 N–H and O–H groups in total. The molecular weight excluding hydrogens is 550 g/mol. The van der Waals surface area contributed by atoms with Crippen LogP contribution >= 0.6 is 0 Å². The van der Waals surface area contributed by atoms with E-state index in [0.29, 0.717) is 28.5 Å². The molecule has 0 aromatic heterocycles. The molecular formula is C40H34F2O2. The Morgan fingerprint density at radius 2 is 1.07 bits per heavy atom. The minimum absolute atomic E-state index is 0.181. The molecule has 2 nitrogen and oxygen atoms in total. The molecule has 0 amide bonds. The first kappa shape index (κ1) is 29.2. The molecule has 0 saturated heterocycles. The van der Waals surface area contributed by atoms with Crippen molar-refractivity contribution in [2.75, 3.05) is 6.79 Å². The van der Waals surface area contributed by atoms with E-state index in [-0.39, 0.29) is 12.6 Å². The minimum atomic E-state index is -0.409. The lowest BCUT2D eigenvalue weighted by Crippen LogP contribution is -2.10. The predicted octanol–water partition coefficient (Wildman–Crippen LogP) is 10.7. The van der Waals surface area contributed by atoms with Gasteiger partial charge in [-0.25, -0.2) is 8.78 Å². The van der Waals surface area contributed by atoms with Gasteiger partial charge in [0, 0.05) is 28.8 Å². The zero-order valence-electron chi connectivity index (χ0n) is 24.7. The first-order chi connectivity index (χ1) is 21.5. The van der Waals surface area contributed by atoms with Crippen molar-refractivity contribution < 1.29 is 18.3 Å². The van der Waals surface area contributed by atoms with Gasteiger partial charge in [-0.2, -0.15) is 0 Å². The van der Waals surface area contributed by atoms with Crippen molar-refractivity contribution in [2.45, 2.75) is 38.5 Å². The fourth-order valence-electron chi connectivity index (χ4n) is 5.93. The highest BCUT2D eigenvalue weighted by Gasteiger charge is 2.20. The topological polar surface area (TPSA) is 18.5 Å². The third kappa shape index (κ3) is 6.68. The molecule has 5 aromatic carbocycles. The molecule has 0 atom stereocenters. The zero-order chi connectivity index (χ0) is 30.5. The molecule has 0 aliphatic heterocycles. The monoisotopic (exact) mass is 584 g/mol. The van der Waals surface area contributed by atoms with Crippen molar-refractivity contribution >= 4 is 0 Å². The molecule has 5 aromatic rings. The molecule has 0 spiro atoms. The third-order valence-electron chi connectivity index (χ3n) is 8.62. The Morgan fingerprint density at radius 3 is 1.55 bits per heavy atom. The first-order valence-electron chi connectivity index (χ1n) is 15.1. The summed E-state index contributed by atoms with van der Waals surface area (Å²) in [7, 11) is 0. The summed E-state index contributed by atoms with van der Waals surface area (Å²) < 4.78 is 41.3. The van der Waals surface area contributed by atoms with Crippen LogP contribution in [0.4, 0.5) is 8.78 Å². The highest BCUT2D eigenvalue weighted by molar-refractivity contribution is 5.71. The molecule has 220 valence electrons. The van der Waals surface area contributed by atoms with Gasteiger partial charge in [0.05, 0.1) is 0 Å². The summed E-state index contributed by atoms with van der Waals surface area (Å²) in [6.45, 7) is 2.14. The number of ether oxygens (including phenoxy) is 2. The fourth-order valence-corrected chi connectivity index (χ4v) is 5.93. The molecule has 4 heteroatoms. The van der Waals surface area contributed by atoms with Crippen LogP contribution < -0.4 is 9.47 Å².